The van der Waals surface area contributed by atoms with Gasteiger partial charge in [0.2, 0.25) is 0 Å². The molecule has 0 radical (unpaired) electrons. The predicted molar refractivity (Wildman–Crippen MR) is 83.7 cm³/mol. The zero-order valence-corrected chi connectivity index (χ0v) is 13.4. The third-order valence-electron chi connectivity index (χ3n) is 3.89. The second-order valence-electron chi connectivity index (χ2n) is 5.50. The molecule has 1 aromatic rings. The molecule has 1 fully saturated rings. The van der Waals surface area contributed by atoms with E-state index in [0.29, 0.717) is 23.2 Å². The number of rotatable bonds is 6. The molecule has 1 aliphatic heterocycles. The number of pyridine rings is 1. The highest BCUT2D eigenvalue weighted by Crippen LogP contribution is 2.22. The molecule has 21 heavy (non-hydrogen) atoms. The van der Waals surface area contributed by atoms with Crippen molar-refractivity contribution in [3.05, 3.63) is 28.5 Å². The Balaban J connectivity index is 1.96. The van der Waals surface area contributed by atoms with Gasteiger partial charge in [0, 0.05) is 30.3 Å². The van der Waals surface area contributed by atoms with E-state index in [2.05, 4.69) is 24.1 Å². The van der Waals surface area contributed by atoms with Crippen LogP contribution < -0.4 is 5.32 Å². The molecule has 1 amide bonds. The summed E-state index contributed by atoms with van der Waals surface area (Å²) in [5.74, 6) is 0.324. The number of nitrogens with zero attached hydrogens (tertiary/aromatic N) is 1. The number of halogens is 1. The molecule has 0 aromatic carbocycles. The first kappa shape index (κ1) is 16.2. The predicted octanol–water partition coefficient (Wildman–Crippen LogP) is 3.23. The third-order valence-corrected chi connectivity index (χ3v) is 4.08. The van der Waals surface area contributed by atoms with Crippen molar-refractivity contribution in [2.45, 2.75) is 45.6 Å². The maximum atomic E-state index is 12.3. The summed E-state index contributed by atoms with van der Waals surface area (Å²) in [6.07, 6.45) is 4.07. The molecule has 2 atom stereocenters. The molecule has 5 heteroatoms. The van der Waals surface area contributed by atoms with E-state index >= 15 is 0 Å². The average Bonchev–Trinajstić information content (AvgIpc) is 2.92. The number of carbonyl (C=O) groups excluding carboxylic acids is 1. The Morgan fingerprint density at radius 2 is 2.29 bits per heavy atom. The molecule has 1 saturated heterocycles. The lowest BCUT2D eigenvalue weighted by molar-refractivity contribution is 0.0827. The van der Waals surface area contributed by atoms with Crippen LogP contribution in [0.3, 0.4) is 0 Å². The van der Waals surface area contributed by atoms with E-state index in [1.165, 1.54) is 0 Å². The number of nitrogens with one attached hydrogen (secondary N) is 1. The fourth-order valence-corrected chi connectivity index (χ4v) is 3.00. The molecular weight excluding hydrogens is 288 g/mol. The molecule has 2 rings (SSSR count). The molecule has 116 valence electrons. The SMILES string of the molecule is CCCc1cc(C(=O)NCC2CCOC2CC)cc(Cl)n1. The van der Waals surface area contributed by atoms with Gasteiger partial charge >= 0.3 is 0 Å². The maximum absolute atomic E-state index is 12.3. The van der Waals surface area contributed by atoms with Gasteiger partial charge in [-0.15, -0.1) is 0 Å². The van der Waals surface area contributed by atoms with Gasteiger partial charge in [0.15, 0.2) is 0 Å². The van der Waals surface area contributed by atoms with Gasteiger partial charge in [0.1, 0.15) is 5.15 Å². The van der Waals surface area contributed by atoms with Crippen LogP contribution in [0.4, 0.5) is 0 Å². The smallest absolute Gasteiger partial charge is 0.251 e. The zero-order chi connectivity index (χ0) is 15.2. The summed E-state index contributed by atoms with van der Waals surface area (Å²) in [7, 11) is 0. The fourth-order valence-electron chi connectivity index (χ4n) is 2.77. The second-order valence-corrected chi connectivity index (χ2v) is 5.88. The highest BCUT2D eigenvalue weighted by atomic mass is 35.5. The minimum Gasteiger partial charge on any atom is -0.378 e. The van der Waals surface area contributed by atoms with Crippen LogP contribution in [0.5, 0.6) is 0 Å². The molecule has 1 aromatic heterocycles. The van der Waals surface area contributed by atoms with Gasteiger partial charge in [-0.1, -0.05) is 31.9 Å². The van der Waals surface area contributed by atoms with Crippen LogP contribution in [-0.4, -0.2) is 30.1 Å². The Labute approximate surface area is 131 Å². The Kier molecular flexibility index (Phi) is 6.00. The normalized spacial score (nSPS) is 21.5. The molecule has 1 N–H and O–H groups in total. The summed E-state index contributed by atoms with van der Waals surface area (Å²) < 4.78 is 5.64. The molecule has 0 spiro atoms. The quantitative estimate of drug-likeness (QED) is 0.821. The second kappa shape index (κ2) is 7.76. The van der Waals surface area contributed by atoms with Crippen LogP contribution in [0, 0.1) is 5.92 Å². The van der Waals surface area contributed by atoms with E-state index in [1.807, 2.05) is 6.07 Å². The van der Waals surface area contributed by atoms with Gasteiger partial charge in [0.05, 0.1) is 6.10 Å². The van der Waals surface area contributed by atoms with Crippen LogP contribution in [0.1, 0.15) is 49.2 Å². The Hall–Kier alpha value is -1.13. The highest BCUT2D eigenvalue weighted by Gasteiger charge is 2.27. The van der Waals surface area contributed by atoms with Gasteiger partial charge in [-0.25, -0.2) is 4.98 Å². The fraction of sp³-hybridized carbons (Fsp3) is 0.625. The number of hydrogen-bond donors (Lipinski definition) is 1. The molecule has 1 aliphatic rings. The van der Waals surface area contributed by atoms with E-state index in [-0.39, 0.29) is 12.0 Å². The van der Waals surface area contributed by atoms with Gasteiger partial charge in [-0.3, -0.25) is 4.79 Å². The monoisotopic (exact) mass is 310 g/mol. The molecular formula is C16H23ClN2O2. The molecule has 4 nitrogen and oxygen atoms in total. The first-order chi connectivity index (χ1) is 10.1. The van der Waals surface area contributed by atoms with Crippen molar-refractivity contribution in [2.75, 3.05) is 13.2 Å². The van der Waals surface area contributed by atoms with E-state index in [9.17, 15) is 4.79 Å². The van der Waals surface area contributed by atoms with Crippen LogP contribution >= 0.6 is 11.6 Å². The third kappa shape index (κ3) is 4.42. The number of amides is 1. The van der Waals surface area contributed by atoms with Crippen LogP contribution in [0.2, 0.25) is 5.15 Å². The minimum absolute atomic E-state index is 0.0848. The van der Waals surface area contributed by atoms with Gasteiger partial charge in [-0.05, 0) is 31.4 Å². The lowest BCUT2D eigenvalue weighted by Crippen LogP contribution is -2.32. The van der Waals surface area contributed by atoms with E-state index < -0.39 is 0 Å². The number of hydrogen-bond acceptors (Lipinski definition) is 3. The molecule has 2 unspecified atom stereocenters. The van der Waals surface area contributed by atoms with Crippen LogP contribution in [0.25, 0.3) is 0 Å². The number of ether oxygens (including phenoxy) is 1. The standard InChI is InChI=1S/C16H23ClN2O2/c1-3-5-13-8-12(9-15(17)19-13)16(20)18-10-11-6-7-21-14(11)4-2/h8-9,11,14H,3-7,10H2,1-2H3,(H,18,20). The highest BCUT2D eigenvalue weighted by molar-refractivity contribution is 6.29. The summed E-state index contributed by atoms with van der Waals surface area (Å²) in [6.45, 7) is 5.64. The van der Waals surface area contributed by atoms with Crippen molar-refractivity contribution in [3.63, 3.8) is 0 Å². The van der Waals surface area contributed by atoms with Gasteiger partial charge in [-0.2, -0.15) is 0 Å². The number of carbonyl (C=O) groups is 1. The maximum Gasteiger partial charge on any atom is 0.251 e. The van der Waals surface area contributed by atoms with Crippen LogP contribution in [0.15, 0.2) is 12.1 Å². The first-order valence-electron chi connectivity index (χ1n) is 7.70. The number of aromatic nitrogens is 1. The van der Waals surface area contributed by atoms with E-state index in [0.717, 1.165) is 38.0 Å². The van der Waals surface area contributed by atoms with Gasteiger partial charge < -0.3 is 10.1 Å². The van der Waals surface area contributed by atoms with E-state index in [1.54, 1.807) is 6.07 Å². The summed E-state index contributed by atoms with van der Waals surface area (Å²) in [4.78, 5) is 16.5. The van der Waals surface area contributed by atoms with Gasteiger partial charge in [0.25, 0.3) is 5.91 Å². The summed E-state index contributed by atoms with van der Waals surface area (Å²) in [5, 5.41) is 3.37. The molecule has 2 heterocycles. The first-order valence-corrected chi connectivity index (χ1v) is 8.08. The summed E-state index contributed by atoms with van der Waals surface area (Å²) in [5.41, 5.74) is 1.45. The minimum atomic E-state index is -0.0848. The Bertz CT molecular complexity index is 493. The lowest BCUT2D eigenvalue weighted by atomic mass is 9.99. The summed E-state index contributed by atoms with van der Waals surface area (Å²) in [6, 6.07) is 3.45. The number of aryl methyl sites for hydroxylation is 1. The topological polar surface area (TPSA) is 51.2 Å². The average molecular weight is 311 g/mol. The Morgan fingerprint density at radius 3 is 3.00 bits per heavy atom. The van der Waals surface area contributed by atoms with Crippen LogP contribution in [-0.2, 0) is 11.2 Å². The van der Waals surface area contributed by atoms with Crippen molar-refractivity contribution in [3.8, 4) is 0 Å². The van der Waals surface area contributed by atoms with Crippen molar-refractivity contribution < 1.29 is 9.53 Å². The summed E-state index contributed by atoms with van der Waals surface area (Å²) >= 11 is 5.99. The van der Waals surface area contributed by atoms with Crippen molar-refractivity contribution in [1.82, 2.24) is 10.3 Å². The lowest BCUT2D eigenvalue weighted by Gasteiger charge is -2.17. The molecule has 0 saturated carbocycles. The van der Waals surface area contributed by atoms with Crippen molar-refractivity contribution in [2.24, 2.45) is 5.92 Å². The van der Waals surface area contributed by atoms with E-state index in [4.69, 9.17) is 16.3 Å². The largest absolute Gasteiger partial charge is 0.378 e. The van der Waals surface area contributed by atoms with Crippen molar-refractivity contribution >= 4 is 17.5 Å². The van der Waals surface area contributed by atoms with Crippen molar-refractivity contribution in [1.29, 1.82) is 0 Å². The molecule has 0 aliphatic carbocycles. The zero-order valence-electron chi connectivity index (χ0n) is 12.7. The molecule has 0 bridgehead atoms. The Morgan fingerprint density at radius 1 is 1.48 bits per heavy atom.